The summed E-state index contributed by atoms with van der Waals surface area (Å²) in [4.78, 5) is 12.0. The highest BCUT2D eigenvalue weighted by Crippen LogP contribution is 2.06. The zero-order valence-corrected chi connectivity index (χ0v) is 13.0. The summed E-state index contributed by atoms with van der Waals surface area (Å²) < 4.78 is 31.1. The van der Waals surface area contributed by atoms with Gasteiger partial charge in [0.25, 0.3) is 5.91 Å². The first-order chi connectivity index (χ1) is 10.5. The van der Waals surface area contributed by atoms with Crippen LogP contribution in [0.4, 0.5) is 0 Å². The van der Waals surface area contributed by atoms with Crippen molar-refractivity contribution in [1.29, 1.82) is 0 Å². The van der Waals surface area contributed by atoms with Gasteiger partial charge in [-0.3, -0.25) is 4.79 Å². The number of hydrogen-bond acceptors (Lipinski definition) is 4. The molecule has 2 rings (SSSR count). The molecule has 0 aliphatic heterocycles. The Kier molecular flexibility index (Phi) is 5.35. The maximum Gasteiger partial charge on any atom is 0.251 e. The van der Waals surface area contributed by atoms with Crippen molar-refractivity contribution < 1.29 is 17.6 Å². The van der Waals surface area contributed by atoms with E-state index in [0.717, 1.165) is 5.56 Å². The Hall–Kier alpha value is -2.12. The molecule has 0 saturated heterocycles. The summed E-state index contributed by atoms with van der Waals surface area (Å²) in [7, 11) is -3.47. The molecule has 1 amide bonds. The van der Waals surface area contributed by atoms with E-state index in [0.29, 0.717) is 11.3 Å². The molecular weight excluding hydrogens is 304 g/mol. The van der Waals surface area contributed by atoms with Gasteiger partial charge in [-0.2, -0.15) is 0 Å². The molecule has 7 heteroatoms. The molecule has 22 heavy (non-hydrogen) atoms. The van der Waals surface area contributed by atoms with Crippen LogP contribution < -0.4 is 10.0 Å². The topological polar surface area (TPSA) is 88.4 Å². The maximum atomic E-state index is 12.0. The van der Waals surface area contributed by atoms with E-state index in [2.05, 4.69) is 10.0 Å². The standard InChI is InChI=1S/C15H18N2O4S/c1-12-5-2-3-7-14(12)15(18)16-8-10-22(19,20)17-11-13-6-4-9-21-13/h2-7,9,17H,8,10-11H2,1H3,(H,16,18). The van der Waals surface area contributed by atoms with Gasteiger partial charge in [0, 0.05) is 12.1 Å². The second kappa shape index (κ2) is 7.24. The predicted octanol–water partition coefficient (Wildman–Crippen LogP) is 1.44. The number of furan rings is 1. The normalized spacial score (nSPS) is 11.3. The first-order valence-corrected chi connectivity index (χ1v) is 8.47. The zero-order valence-electron chi connectivity index (χ0n) is 12.2. The molecule has 0 bridgehead atoms. The van der Waals surface area contributed by atoms with Crippen LogP contribution in [0, 0.1) is 6.92 Å². The highest BCUT2D eigenvalue weighted by atomic mass is 32.2. The Bertz CT molecular complexity index is 724. The Labute approximate surface area is 129 Å². The van der Waals surface area contributed by atoms with E-state index in [9.17, 15) is 13.2 Å². The molecule has 0 aliphatic carbocycles. The van der Waals surface area contributed by atoms with Crippen LogP contribution in [0.2, 0.25) is 0 Å². The van der Waals surface area contributed by atoms with Gasteiger partial charge in [-0.15, -0.1) is 0 Å². The van der Waals surface area contributed by atoms with E-state index >= 15 is 0 Å². The van der Waals surface area contributed by atoms with Gasteiger partial charge in [0.2, 0.25) is 10.0 Å². The molecule has 0 radical (unpaired) electrons. The first-order valence-electron chi connectivity index (χ1n) is 6.81. The molecule has 0 saturated carbocycles. The Morgan fingerprint density at radius 3 is 2.64 bits per heavy atom. The molecule has 6 nitrogen and oxygen atoms in total. The number of rotatable bonds is 7. The van der Waals surface area contributed by atoms with Gasteiger partial charge < -0.3 is 9.73 Å². The van der Waals surface area contributed by atoms with Crippen molar-refractivity contribution in [2.24, 2.45) is 0 Å². The number of amides is 1. The van der Waals surface area contributed by atoms with Crippen molar-refractivity contribution >= 4 is 15.9 Å². The minimum Gasteiger partial charge on any atom is -0.468 e. The molecule has 118 valence electrons. The van der Waals surface area contributed by atoms with Crippen LogP contribution in [0.3, 0.4) is 0 Å². The lowest BCUT2D eigenvalue weighted by molar-refractivity contribution is 0.0955. The van der Waals surface area contributed by atoms with Crippen LogP contribution in [0.15, 0.2) is 47.1 Å². The number of sulfonamides is 1. The molecule has 0 aliphatic rings. The lowest BCUT2D eigenvalue weighted by Gasteiger charge is -2.08. The maximum absolute atomic E-state index is 12.0. The van der Waals surface area contributed by atoms with Crippen LogP contribution in [-0.2, 0) is 16.6 Å². The van der Waals surface area contributed by atoms with Gasteiger partial charge in [0.15, 0.2) is 0 Å². The average molecular weight is 322 g/mol. The molecule has 0 atom stereocenters. The van der Waals surface area contributed by atoms with Crippen LogP contribution in [0.1, 0.15) is 21.7 Å². The molecule has 1 aromatic carbocycles. The number of nitrogens with one attached hydrogen (secondary N) is 2. The highest BCUT2D eigenvalue weighted by Gasteiger charge is 2.13. The van der Waals surface area contributed by atoms with E-state index in [4.69, 9.17) is 4.42 Å². The summed E-state index contributed by atoms with van der Waals surface area (Å²) in [5.74, 6) is 0.0672. The summed E-state index contributed by atoms with van der Waals surface area (Å²) in [6, 6.07) is 10.5. The van der Waals surface area contributed by atoms with E-state index in [-0.39, 0.29) is 24.7 Å². The van der Waals surface area contributed by atoms with E-state index in [1.807, 2.05) is 19.1 Å². The molecule has 0 unspecified atom stereocenters. The van der Waals surface area contributed by atoms with Crippen LogP contribution >= 0.6 is 0 Å². The average Bonchev–Trinajstić information content (AvgIpc) is 2.99. The SMILES string of the molecule is Cc1ccccc1C(=O)NCCS(=O)(=O)NCc1ccco1. The van der Waals surface area contributed by atoms with Gasteiger partial charge in [-0.25, -0.2) is 13.1 Å². The largest absolute Gasteiger partial charge is 0.468 e. The highest BCUT2D eigenvalue weighted by molar-refractivity contribution is 7.89. The predicted molar refractivity (Wildman–Crippen MR) is 82.8 cm³/mol. The van der Waals surface area contributed by atoms with Gasteiger partial charge in [-0.05, 0) is 30.7 Å². The smallest absolute Gasteiger partial charge is 0.251 e. The Morgan fingerprint density at radius 1 is 1.18 bits per heavy atom. The summed E-state index contributed by atoms with van der Waals surface area (Å²) in [5, 5.41) is 2.61. The van der Waals surface area contributed by atoms with Crippen LogP contribution in [0.5, 0.6) is 0 Å². The zero-order chi connectivity index (χ0) is 16.0. The van der Waals surface area contributed by atoms with Gasteiger partial charge in [0.1, 0.15) is 5.76 Å². The summed E-state index contributed by atoms with van der Waals surface area (Å²) in [6.07, 6.45) is 1.48. The molecule has 1 aromatic heterocycles. The quantitative estimate of drug-likeness (QED) is 0.807. The molecule has 2 N–H and O–H groups in total. The third kappa shape index (κ3) is 4.71. The number of carbonyl (C=O) groups excluding carboxylic acids is 1. The van der Waals surface area contributed by atoms with Crippen LogP contribution in [0.25, 0.3) is 0 Å². The monoisotopic (exact) mass is 322 g/mol. The molecular formula is C15H18N2O4S. The summed E-state index contributed by atoms with van der Waals surface area (Å²) in [6.45, 7) is 1.97. The molecule has 0 spiro atoms. The van der Waals surface area contributed by atoms with Crippen molar-refractivity contribution in [2.75, 3.05) is 12.3 Å². The lowest BCUT2D eigenvalue weighted by Crippen LogP contribution is -2.34. The second-order valence-electron chi connectivity index (χ2n) is 4.79. The van der Waals surface area contributed by atoms with Gasteiger partial charge in [-0.1, -0.05) is 18.2 Å². The lowest BCUT2D eigenvalue weighted by atomic mass is 10.1. The third-order valence-corrected chi connectivity index (χ3v) is 4.42. The van der Waals surface area contributed by atoms with Crippen molar-refractivity contribution in [3.8, 4) is 0 Å². The fraction of sp³-hybridized carbons (Fsp3) is 0.267. The minimum absolute atomic E-state index is 0.0423. The fourth-order valence-corrected chi connectivity index (χ4v) is 2.77. The van der Waals surface area contributed by atoms with E-state index < -0.39 is 10.0 Å². The third-order valence-electron chi connectivity index (χ3n) is 3.09. The number of carbonyl (C=O) groups is 1. The molecule has 2 aromatic rings. The van der Waals surface area contributed by atoms with Gasteiger partial charge in [0.05, 0.1) is 18.6 Å². The van der Waals surface area contributed by atoms with Gasteiger partial charge >= 0.3 is 0 Å². The Morgan fingerprint density at radius 2 is 1.95 bits per heavy atom. The summed E-state index contributed by atoms with van der Waals surface area (Å²) in [5.41, 5.74) is 1.39. The van der Waals surface area contributed by atoms with E-state index in [1.165, 1.54) is 6.26 Å². The van der Waals surface area contributed by atoms with Crippen LogP contribution in [-0.4, -0.2) is 26.6 Å². The minimum atomic E-state index is -3.47. The first kappa shape index (κ1) is 16.3. The Balaban J connectivity index is 1.80. The van der Waals surface area contributed by atoms with E-state index in [1.54, 1.807) is 24.3 Å². The summed E-state index contributed by atoms with van der Waals surface area (Å²) >= 11 is 0. The van der Waals surface area contributed by atoms with Crippen molar-refractivity contribution in [1.82, 2.24) is 10.0 Å². The number of hydrogen-bond donors (Lipinski definition) is 2. The van der Waals surface area contributed by atoms with Crippen molar-refractivity contribution in [3.05, 3.63) is 59.5 Å². The second-order valence-corrected chi connectivity index (χ2v) is 6.72. The molecule has 0 fully saturated rings. The van der Waals surface area contributed by atoms with Crippen molar-refractivity contribution in [3.63, 3.8) is 0 Å². The fourth-order valence-electron chi connectivity index (χ4n) is 1.89. The molecule has 1 heterocycles. The number of benzene rings is 1. The van der Waals surface area contributed by atoms with Crippen molar-refractivity contribution in [2.45, 2.75) is 13.5 Å². The number of aryl methyl sites for hydroxylation is 1.